The van der Waals surface area contributed by atoms with Crippen LogP contribution in [0.5, 0.6) is 0 Å². The summed E-state index contributed by atoms with van der Waals surface area (Å²) < 4.78 is 0. The summed E-state index contributed by atoms with van der Waals surface area (Å²) in [6.07, 6.45) is 1.28. The van der Waals surface area contributed by atoms with E-state index in [1.165, 1.54) is 12.1 Å². The van der Waals surface area contributed by atoms with Crippen LogP contribution in [0.25, 0.3) is 0 Å². The zero-order valence-corrected chi connectivity index (χ0v) is 11.1. The van der Waals surface area contributed by atoms with Gasteiger partial charge in [0.1, 0.15) is 0 Å². The third kappa shape index (κ3) is 2.76. The molecule has 0 radical (unpaired) electrons. The lowest BCUT2D eigenvalue weighted by Crippen LogP contribution is -2.34. The number of hydrogen-bond donors (Lipinski definition) is 0. The molecule has 0 saturated carbocycles. The maximum atomic E-state index is 11.8. The molecule has 0 unspecified atom stereocenters. The van der Waals surface area contributed by atoms with Crippen LogP contribution in [0, 0.1) is 10.1 Å². The second-order valence-corrected chi connectivity index (χ2v) is 4.71. The van der Waals surface area contributed by atoms with Gasteiger partial charge < -0.3 is 9.80 Å². The summed E-state index contributed by atoms with van der Waals surface area (Å²) in [5, 5.41) is 10.8. The maximum Gasteiger partial charge on any atom is 0.280 e. The quantitative estimate of drug-likeness (QED) is 0.469. The number of carbonyl (C=O) groups is 2. The van der Waals surface area contributed by atoms with E-state index in [4.69, 9.17) is 0 Å². The standard InChI is InChI=1S/C13H15N3O4/c1-14-5-2-6-15(8-13(14)18)11-3-4-12(16(19)20)10(7-11)9-17/h3-4,7,9H,2,5-6,8H2,1H3. The minimum absolute atomic E-state index is 0.00601. The lowest BCUT2D eigenvalue weighted by atomic mass is 10.1. The first kappa shape index (κ1) is 14.0. The first-order valence-electron chi connectivity index (χ1n) is 6.25. The zero-order chi connectivity index (χ0) is 14.7. The Bertz CT molecular complexity index is 559. The van der Waals surface area contributed by atoms with Gasteiger partial charge in [0, 0.05) is 31.9 Å². The summed E-state index contributed by atoms with van der Waals surface area (Å²) in [4.78, 5) is 36.5. The van der Waals surface area contributed by atoms with E-state index >= 15 is 0 Å². The smallest absolute Gasteiger partial charge is 0.280 e. The Kier molecular flexibility index (Phi) is 3.97. The largest absolute Gasteiger partial charge is 0.362 e. The molecule has 1 fully saturated rings. The fourth-order valence-electron chi connectivity index (χ4n) is 2.21. The highest BCUT2D eigenvalue weighted by Crippen LogP contribution is 2.24. The lowest BCUT2D eigenvalue weighted by Gasteiger charge is -2.22. The van der Waals surface area contributed by atoms with E-state index in [2.05, 4.69) is 0 Å². The van der Waals surface area contributed by atoms with Crippen molar-refractivity contribution >= 4 is 23.6 Å². The molecule has 0 N–H and O–H groups in total. The molecule has 1 saturated heterocycles. The number of nitrogens with zero attached hydrogens (tertiary/aromatic N) is 3. The number of carbonyl (C=O) groups excluding carboxylic acids is 2. The van der Waals surface area contributed by atoms with Crippen LogP contribution in [-0.4, -0.2) is 48.7 Å². The minimum Gasteiger partial charge on any atom is -0.362 e. The van der Waals surface area contributed by atoms with Gasteiger partial charge in [0.05, 0.1) is 17.0 Å². The molecule has 1 aromatic carbocycles. The van der Waals surface area contributed by atoms with Gasteiger partial charge in [-0.05, 0) is 18.6 Å². The monoisotopic (exact) mass is 277 g/mol. The average Bonchev–Trinajstić information content (AvgIpc) is 2.60. The highest BCUT2D eigenvalue weighted by atomic mass is 16.6. The molecule has 0 aromatic heterocycles. The second kappa shape index (κ2) is 5.68. The highest BCUT2D eigenvalue weighted by molar-refractivity contribution is 5.85. The highest BCUT2D eigenvalue weighted by Gasteiger charge is 2.21. The van der Waals surface area contributed by atoms with Crippen molar-refractivity contribution in [2.24, 2.45) is 0 Å². The van der Waals surface area contributed by atoms with Crippen molar-refractivity contribution in [3.63, 3.8) is 0 Å². The number of rotatable bonds is 3. The summed E-state index contributed by atoms with van der Waals surface area (Å²) in [6.45, 7) is 1.57. The van der Waals surface area contributed by atoms with Crippen molar-refractivity contribution in [3.8, 4) is 0 Å². The van der Waals surface area contributed by atoms with Gasteiger partial charge in [-0.3, -0.25) is 19.7 Å². The van der Waals surface area contributed by atoms with Crippen molar-refractivity contribution in [1.82, 2.24) is 4.90 Å². The van der Waals surface area contributed by atoms with Crippen LogP contribution in [-0.2, 0) is 4.79 Å². The molecule has 1 aliphatic rings. The Morgan fingerprint density at radius 3 is 2.75 bits per heavy atom. The molecule has 0 aliphatic carbocycles. The molecule has 1 amide bonds. The lowest BCUT2D eigenvalue weighted by molar-refractivity contribution is -0.385. The van der Waals surface area contributed by atoms with E-state index in [0.717, 1.165) is 6.42 Å². The molecule has 2 rings (SSSR count). The Labute approximate surface area is 115 Å². The fourth-order valence-corrected chi connectivity index (χ4v) is 2.21. The summed E-state index contributed by atoms with van der Waals surface area (Å²) in [5.41, 5.74) is 0.459. The SMILES string of the molecule is CN1CCCN(c2ccc([N+](=O)[O-])c(C=O)c2)CC1=O. The Morgan fingerprint density at radius 2 is 2.10 bits per heavy atom. The molecule has 1 aliphatic heterocycles. The van der Waals surface area contributed by atoms with Gasteiger partial charge in [-0.15, -0.1) is 0 Å². The van der Waals surface area contributed by atoms with E-state index in [-0.39, 0.29) is 23.7 Å². The average molecular weight is 277 g/mol. The molecular weight excluding hydrogens is 262 g/mol. The summed E-state index contributed by atoms with van der Waals surface area (Å²) in [6, 6.07) is 4.34. The van der Waals surface area contributed by atoms with Gasteiger partial charge in [-0.2, -0.15) is 0 Å². The number of anilines is 1. The van der Waals surface area contributed by atoms with Gasteiger partial charge >= 0.3 is 0 Å². The van der Waals surface area contributed by atoms with E-state index in [1.54, 1.807) is 18.0 Å². The fraction of sp³-hybridized carbons (Fsp3) is 0.385. The van der Waals surface area contributed by atoms with E-state index in [1.807, 2.05) is 4.90 Å². The number of likely N-dealkylation sites (N-methyl/N-ethyl adjacent to an activating group) is 1. The van der Waals surface area contributed by atoms with Crippen molar-refractivity contribution in [2.75, 3.05) is 31.6 Å². The van der Waals surface area contributed by atoms with Gasteiger partial charge in [0.2, 0.25) is 5.91 Å². The number of benzene rings is 1. The predicted molar refractivity (Wildman–Crippen MR) is 73.0 cm³/mol. The van der Waals surface area contributed by atoms with Crippen LogP contribution in [0.3, 0.4) is 0 Å². The number of hydrogen-bond acceptors (Lipinski definition) is 5. The summed E-state index contributed by atoms with van der Waals surface area (Å²) in [5.74, 6) is -0.00601. The molecule has 0 atom stereocenters. The first-order valence-corrected chi connectivity index (χ1v) is 6.25. The van der Waals surface area contributed by atoms with Gasteiger partial charge in [0.15, 0.2) is 6.29 Å². The zero-order valence-electron chi connectivity index (χ0n) is 11.1. The van der Waals surface area contributed by atoms with Crippen LogP contribution in [0.4, 0.5) is 11.4 Å². The molecule has 0 spiro atoms. The number of nitro groups is 1. The van der Waals surface area contributed by atoms with Crippen molar-refractivity contribution < 1.29 is 14.5 Å². The number of amides is 1. The molecule has 7 heteroatoms. The van der Waals surface area contributed by atoms with Crippen LogP contribution >= 0.6 is 0 Å². The number of nitro benzene ring substituents is 1. The molecule has 106 valence electrons. The molecular formula is C13H15N3O4. The van der Waals surface area contributed by atoms with Gasteiger partial charge in [-0.1, -0.05) is 0 Å². The Morgan fingerprint density at radius 1 is 1.35 bits per heavy atom. The third-order valence-corrected chi connectivity index (χ3v) is 3.37. The minimum atomic E-state index is -0.588. The third-order valence-electron chi connectivity index (χ3n) is 3.37. The van der Waals surface area contributed by atoms with Crippen LogP contribution in [0.1, 0.15) is 16.8 Å². The maximum absolute atomic E-state index is 11.8. The summed E-state index contributed by atoms with van der Waals surface area (Å²) >= 11 is 0. The van der Waals surface area contributed by atoms with Crippen molar-refractivity contribution in [2.45, 2.75) is 6.42 Å². The van der Waals surface area contributed by atoms with Crippen molar-refractivity contribution in [3.05, 3.63) is 33.9 Å². The predicted octanol–water partition coefficient (Wildman–Crippen LogP) is 1.08. The second-order valence-electron chi connectivity index (χ2n) is 4.71. The van der Waals surface area contributed by atoms with Gasteiger partial charge in [-0.25, -0.2) is 0 Å². The van der Waals surface area contributed by atoms with Crippen LogP contribution < -0.4 is 4.90 Å². The summed E-state index contributed by atoms with van der Waals surface area (Å²) in [7, 11) is 1.75. The van der Waals surface area contributed by atoms with E-state index in [9.17, 15) is 19.7 Å². The number of aldehydes is 1. The first-order chi connectivity index (χ1) is 9.52. The topological polar surface area (TPSA) is 83.8 Å². The Hall–Kier alpha value is -2.44. The normalized spacial score (nSPS) is 15.9. The Balaban J connectivity index is 2.30. The van der Waals surface area contributed by atoms with Crippen LogP contribution in [0.2, 0.25) is 0 Å². The molecule has 0 bridgehead atoms. The van der Waals surface area contributed by atoms with E-state index in [0.29, 0.717) is 25.1 Å². The molecule has 1 heterocycles. The molecule has 20 heavy (non-hydrogen) atoms. The van der Waals surface area contributed by atoms with E-state index < -0.39 is 4.92 Å². The van der Waals surface area contributed by atoms with Gasteiger partial charge in [0.25, 0.3) is 5.69 Å². The van der Waals surface area contributed by atoms with Crippen LogP contribution in [0.15, 0.2) is 18.2 Å². The molecule has 7 nitrogen and oxygen atoms in total. The van der Waals surface area contributed by atoms with Crippen molar-refractivity contribution in [1.29, 1.82) is 0 Å². The molecule has 1 aromatic rings.